The van der Waals surface area contributed by atoms with Gasteiger partial charge in [-0.25, -0.2) is 0 Å². The van der Waals surface area contributed by atoms with Crippen LogP contribution in [0.5, 0.6) is 0 Å². The molecule has 3 heterocycles. The van der Waals surface area contributed by atoms with E-state index in [2.05, 4.69) is 15.5 Å². The summed E-state index contributed by atoms with van der Waals surface area (Å²) in [7, 11) is 0. The van der Waals surface area contributed by atoms with Crippen LogP contribution in [0.4, 0.5) is 0 Å². The third kappa shape index (κ3) is 1.88. The van der Waals surface area contributed by atoms with Gasteiger partial charge in [0.15, 0.2) is 0 Å². The third-order valence-corrected chi connectivity index (χ3v) is 4.03. The lowest BCUT2D eigenvalue weighted by molar-refractivity contribution is -0.125. The second-order valence-corrected chi connectivity index (χ2v) is 5.08. The molecule has 0 aliphatic carbocycles. The topological polar surface area (TPSA) is 44.4 Å². The maximum Gasteiger partial charge on any atom is 0.234 e. The van der Waals surface area contributed by atoms with E-state index in [-0.39, 0.29) is 5.91 Å². The van der Waals surface area contributed by atoms with Gasteiger partial charge in [-0.15, -0.1) is 0 Å². The minimum Gasteiger partial charge on any atom is -0.354 e. The second-order valence-electron chi connectivity index (χ2n) is 5.08. The van der Waals surface area contributed by atoms with Crippen molar-refractivity contribution in [2.45, 2.75) is 43.8 Å². The van der Waals surface area contributed by atoms with Crippen LogP contribution < -0.4 is 10.6 Å². The lowest BCUT2D eigenvalue weighted by Gasteiger charge is -2.39. The quantitative estimate of drug-likeness (QED) is 0.623. The van der Waals surface area contributed by atoms with Gasteiger partial charge in [0.1, 0.15) is 0 Å². The van der Waals surface area contributed by atoms with E-state index < -0.39 is 0 Å². The Morgan fingerprint density at radius 1 is 1.20 bits per heavy atom. The molecule has 0 saturated carbocycles. The smallest absolute Gasteiger partial charge is 0.234 e. The Morgan fingerprint density at radius 2 is 1.93 bits per heavy atom. The van der Waals surface area contributed by atoms with Gasteiger partial charge in [0.05, 0.1) is 6.54 Å². The van der Waals surface area contributed by atoms with Gasteiger partial charge in [-0.1, -0.05) is 0 Å². The van der Waals surface area contributed by atoms with Gasteiger partial charge in [-0.2, -0.15) is 0 Å². The predicted octanol–water partition coefficient (Wildman–Crippen LogP) is -0.299. The molecule has 0 aromatic rings. The first-order chi connectivity index (χ1) is 7.31. The highest BCUT2D eigenvalue weighted by molar-refractivity contribution is 5.78. The summed E-state index contributed by atoms with van der Waals surface area (Å²) in [5.74, 6) is 0.201. The highest BCUT2D eigenvalue weighted by Crippen LogP contribution is 2.29. The van der Waals surface area contributed by atoms with Crippen molar-refractivity contribution in [1.29, 1.82) is 0 Å². The molecule has 2 atom stereocenters. The van der Waals surface area contributed by atoms with E-state index >= 15 is 0 Å². The average Bonchev–Trinajstić information content (AvgIpc) is 2.58. The molecule has 15 heavy (non-hydrogen) atoms. The zero-order valence-electron chi connectivity index (χ0n) is 9.04. The first-order valence-electron chi connectivity index (χ1n) is 6.08. The SMILES string of the molecule is O=C1CN(C2CC3CCC(C2)N3)CCN1. The maximum absolute atomic E-state index is 11.3. The van der Waals surface area contributed by atoms with Gasteiger partial charge in [-0.05, 0) is 25.7 Å². The van der Waals surface area contributed by atoms with Crippen LogP contribution in [0.1, 0.15) is 25.7 Å². The molecule has 2 bridgehead atoms. The number of amides is 1. The van der Waals surface area contributed by atoms with Crippen molar-refractivity contribution in [2.75, 3.05) is 19.6 Å². The standard InChI is InChI=1S/C11H19N3O/c15-11-7-14(4-3-12-11)10-5-8-1-2-9(6-10)13-8/h8-10,13H,1-7H2,(H,12,15). The Morgan fingerprint density at radius 3 is 2.60 bits per heavy atom. The average molecular weight is 209 g/mol. The first-order valence-corrected chi connectivity index (χ1v) is 6.08. The molecular formula is C11H19N3O. The van der Waals surface area contributed by atoms with E-state index in [1.54, 1.807) is 0 Å². The number of rotatable bonds is 1. The summed E-state index contributed by atoms with van der Waals surface area (Å²) < 4.78 is 0. The fourth-order valence-corrected chi connectivity index (χ4v) is 3.30. The summed E-state index contributed by atoms with van der Waals surface area (Å²) in [5.41, 5.74) is 0. The van der Waals surface area contributed by atoms with Crippen LogP contribution in [0, 0.1) is 0 Å². The first kappa shape index (κ1) is 9.60. The summed E-state index contributed by atoms with van der Waals surface area (Å²) in [6, 6.07) is 2.09. The number of hydrogen-bond donors (Lipinski definition) is 2. The Kier molecular flexibility index (Phi) is 2.41. The van der Waals surface area contributed by atoms with E-state index in [9.17, 15) is 4.79 Å². The zero-order valence-corrected chi connectivity index (χ0v) is 9.04. The van der Waals surface area contributed by atoms with Crippen LogP contribution in [0.3, 0.4) is 0 Å². The van der Waals surface area contributed by atoms with Gasteiger partial charge in [0, 0.05) is 31.2 Å². The lowest BCUT2D eigenvalue weighted by atomic mass is 9.97. The number of piperidine rings is 1. The Bertz CT molecular complexity index is 257. The van der Waals surface area contributed by atoms with Crippen molar-refractivity contribution in [3.63, 3.8) is 0 Å². The maximum atomic E-state index is 11.3. The Labute approximate surface area is 90.4 Å². The van der Waals surface area contributed by atoms with Crippen molar-refractivity contribution < 1.29 is 4.79 Å². The molecule has 3 saturated heterocycles. The zero-order chi connectivity index (χ0) is 10.3. The third-order valence-electron chi connectivity index (χ3n) is 4.03. The summed E-state index contributed by atoms with van der Waals surface area (Å²) in [6.45, 7) is 2.48. The van der Waals surface area contributed by atoms with Crippen LogP contribution in [0.15, 0.2) is 0 Å². The molecule has 4 heteroatoms. The van der Waals surface area contributed by atoms with Crippen molar-refractivity contribution in [1.82, 2.24) is 15.5 Å². The number of fused-ring (bicyclic) bond motifs is 2. The number of hydrogen-bond acceptors (Lipinski definition) is 3. The van der Waals surface area contributed by atoms with Gasteiger partial charge in [-0.3, -0.25) is 9.69 Å². The normalized spacial score (nSPS) is 41.6. The van der Waals surface area contributed by atoms with E-state index in [0.29, 0.717) is 12.6 Å². The highest BCUT2D eigenvalue weighted by atomic mass is 16.2. The predicted molar refractivity (Wildman–Crippen MR) is 57.6 cm³/mol. The van der Waals surface area contributed by atoms with Gasteiger partial charge < -0.3 is 10.6 Å². The molecular weight excluding hydrogens is 190 g/mol. The summed E-state index contributed by atoms with van der Waals surface area (Å²) in [4.78, 5) is 13.7. The van der Waals surface area contributed by atoms with Crippen LogP contribution in [-0.4, -0.2) is 48.6 Å². The Hall–Kier alpha value is -0.610. The molecule has 3 aliphatic rings. The van der Waals surface area contributed by atoms with Gasteiger partial charge >= 0.3 is 0 Å². The number of piperazine rings is 1. The largest absolute Gasteiger partial charge is 0.354 e. The monoisotopic (exact) mass is 209 g/mol. The molecule has 2 unspecified atom stereocenters. The molecule has 1 amide bonds. The number of carbonyl (C=O) groups excluding carboxylic acids is 1. The fraction of sp³-hybridized carbons (Fsp3) is 0.909. The summed E-state index contributed by atoms with van der Waals surface area (Å²) in [6.07, 6.45) is 5.15. The molecule has 3 fully saturated rings. The van der Waals surface area contributed by atoms with Gasteiger partial charge in [0.2, 0.25) is 5.91 Å². The molecule has 4 nitrogen and oxygen atoms in total. The molecule has 2 N–H and O–H groups in total. The van der Waals surface area contributed by atoms with Crippen LogP contribution in [-0.2, 0) is 4.79 Å². The van der Waals surface area contributed by atoms with E-state index in [0.717, 1.165) is 25.2 Å². The molecule has 84 valence electrons. The summed E-state index contributed by atoms with van der Waals surface area (Å²) >= 11 is 0. The van der Waals surface area contributed by atoms with Crippen LogP contribution in [0.2, 0.25) is 0 Å². The molecule has 3 rings (SSSR count). The van der Waals surface area contributed by atoms with Gasteiger partial charge in [0.25, 0.3) is 0 Å². The summed E-state index contributed by atoms with van der Waals surface area (Å²) in [5, 5.41) is 6.54. The van der Waals surface area contributed by atoms with Crippen molar-refractivity contribution in [2.24, 2.45) is 0 Å². The van der Waals surface area contributed by atoms with Crippen molar-refractivity contribution in [3.8, 4) is 0 Å². The van der Waals surface area contributed by atoms with Crippen molar-refractivity contribution >= 4 is 5.91 Å². The number of carbonyl (C=O) groups is 1. The highest BCUT2D eigenvalue weighted by Gasteiger charge is 2.36. The second kappa shape index (κ2) is 3.76. The molecule has 0 radical (unpaired) electrons. The van der Waals surface area contributed by atoms with Crippen LogP contribution >= 0.6 is 0 Å². The molecule has 3 aliphatic heterocycles. The van der Waals surface area contributed by atoms with E-state index in [1.807, 2.05) is 0 Å². The minimum absolute atomic E-state index is 0.201. The Balaban J connectivity index is 1.64. The lowest BCUT2D eigenvalue weighted by Crippen LogP contribution is -2.55. The number of nitrogens with one attached hydrogen (secondary N) is 2. The number of nitrogens with zero attached hydrogens (tertiary/aromatic N) is 1. The van der Waals surface area contributed by atoms with E-state index in [1.165, 1.54) is 25.7 Å². The molecule has 0 aromatic heterocycles. The van der Waals surface area contributed by atoms with Crippen LogP contribution in [0.25, 0.3) is 0 Å². The molecule has 0 spiro atoms. The fourth-order valence-electron chi connectivity index (χ4n) is 3.30. The van der Waals surface area contributed by atoms with E-state index in [4.69, 9.17) is 0 Å². The molecule has 0 aromatic carbocycles. The minimum atomic E-state index is 0.201. The van der Waals surface area contributed by atoms with Crippen molar-refractivity contribution in [3.05, 3.63) is 0 Å².